The topological polar surface area (TPSA) is 159 Å². The Bertz CT molecular complexity index is 2010. The number of H-pyrrole nitrogens is 1. The number of anilines is 1. The third-order valence-corrected chi connectivity index (χ3v) is 9.18. The van der Waals surface area contributed by atoms with Gasteiger partial charge in [0.05, 0.1) is 23.0 Å². The van der Waals surface area contributed by atoms with Crippen LogP contribution in [0.5, 0.6) is 0 Å². The number of carbonyl (C=O) groups excluding carboxylic acids is 1. The Morgan fingerprint density at radius 3 is 2.62 bits per heavy atom. The third kappa shape index (κ3) is 5.99. The summed E-state index contributed by atoms with van der Waals surface area (Å²) in [5.74, 6) is -0.773. The Kier molecular flexibility index (Phi) is 7.81. The molecule has 5 aromatic rings. The quantitative estimate of drug-likeness (QED) is 0.157. The number of benzene rings is 2. The number of nitrogens with zero attached hydrogens (tertiary/aromatic N) is 2. The van der Waals surface area contributed by atoms with Gasteiger partial charge in [-0.2, -0.15) is 21.6 Å². The molecule has 1 aliphatic carbocycles. The van der Waals surface area contributed by atoms with E-state index in [0.717, 1.165) is 54.8 Å². The van der Waals surface area contributed by atoms with Crippen LogP contribution >= 0.6 is 0 Å². The lowest BCUT2D eigenvalue weighted by atomic mass is 9.87. The number of nitrogens with one attached hydrogen (secondary N) is 3. The van der Waals surface area contributed by atoms with Gasteiger partial charge in [-0.15, -0.1) is 0 Å². The molecule has 3 aromatic heterocycles. The molecule has 11 nitrogen and oxygen atoms in total. The molecule has 1 aliphatic rings. The number of hydrogen-bond donors (Lipinski definition) is 4. The number of carboxylic acid groups (broad SMARTS) is 1. The van der Waals surface area contributed by atoms with Gasteiger partial charge in [0.25, 0.3) is 5.91 Å². The van der Waals surface area contributed by atoms with E-state index in [4.69, 9.17) is 4.42 Å². The van der Waals surface area contributed by atoms with Crippen molar-refractivity contribution in [2.24, 2.45) is 0 Å². The second-order valence-corrected chi connectivity index (χ2v) is 12.7. The van der Waals surface area contributed by atoms with E-state index in [1.807, 2.05) is 10.6 Å². The van der Waals surface area contributed by atoms with E-state index in [9.17, 15) is 36.3 Å². The number of carboxylic acids is 1. The smallest absolute Gasteiger partial charge is 0.480 e. The average Bonchev–Trinajstić information content (AvgIpc) is 3.74. The Morgan fingerprint density at radius 2 is 1.89 bits per heavy atom. The molecule has 1 amide bonds. The first-order valence-corrected chi connectivity index (χ1v) is 15.7. The third-order valence-electron chi connectivity index (χ3n) is 8.07. The molecular formula is C30H28F3N5O6S. The summed E-state index contributed by atoms with van der Waals surface area (Å²) in [5, 5.41) is 12.7. The summed E-state index contributed by atoms with van der Waals surface area (Å²) >= 11 is 0. The normalized spacial score (nSPS) is 15.4. The number of carbonyl (C=O) groups is 2. The van der Waals surface area contributed by atoms with Crippen LogP contribution in [0.15, 0.2) is 65.7 Å². The molecule has 236 valence electrons. The van der Waals surface area contributed by atoms with E-state index in [1.165, 1.54) is 23.4 Å². The maximum atomic E-state index is 13.2. The summed E-state index contributed by atoms with van der Waals surface area (Å²) in [6, 6.07) is 9.00. The monoisotopic (exact) mass is 643 g/mol. The van der Waals surface area contributed by atoms with Gasteiger partial charge in [0, 0.05) is 46.8 Å². The number of furan rings is 1. The first kappa shape index (κ1) is 30.2. The zero-order chi connectivity index (χ0) is 31.9. The largest absolute Gasteiger partial charge is 0.516 e. The molecule has 45 heavy (non-hydrogen) atoms. The van der Waals surface area contributed by atoms with E-state index in [0.29, 0.717) is 22.5 Å². The molecule has 4 N–H and O–H groups in total. The Hall–Kier alpha value is -4.79. The summed E-state index contributed by atoms with van der Waals surface area (Å²) in [5.41, 5.74) is -2.76. The fourth-order valence-corrected chi connectivity index (χ4v) is 6.37. The summed E-state index contributed by atoms with van der Waals surface area (Å²) in [6.07, 6.45) is 10.1. The molecule has 15 heteroatoms. The molecule has 6 rings (SSSR count). The number of fused-ring (bicyclic) bond motifs is 2. The van der Waals surface area contributed by atoms with Crippen molar-refractivity contribution in [3.63, 3.8) is 0 Å². The zero-order valence-electron chi connectivity index (χ0n) is 23.6. The number of imidazole rings is 1. The molecular weight excluding hydrogens is 615 g/mol. The lowest BCUT2D eigenvalue weighted by Gasteiger charge is -2.21. The van der Waals surface area contributed by atoms with Gasteiger partial charge in [0.1, 0.15) is 18.1 Å². The van der Waals surface area contributed by atoms with Crippen molar-refractivity contribution >= 4 is 49.5 Å². The lowest BCUT2D eigenvalue weighted by Crippen LogP contribution is -2.42. The van der Waals surface area contributed by atoms with Crippen molar-refractivity contribution < 1.29 is 40.7 Å². The molecule has 2 aromatic carbocycles. The zero-order valence-corrected chi connectivity index (χ0v) is 24.4. The van der Waals surface area contributed by atoms with Gasteiger partial charge in [-0.05, 0) is 54.8 Å². The van der Waals surface area contributed by atoms with Crippen molar-refractivity contribution in [3.05, 3.63) is 78.1 Å². The highest BCUT2D eigenvalue weighted by atomic mass is 32.2. The summed E-state index contributed by atoms with van der Waals surface area (Å²) in [6.45, 7) is 0. The van der Waals surface area contributed by atoms with E-state index in [1.54, 1.807) is 30.8 Å². The maximum absolute atomic E-state index is 13.2. The molecule has 0 radical (unpaired) electrons. The van der Waals surface area contributed by atoms with Crippen molar-refractivity contribution in [2.75, 3.05) is 4.72 Å². The minimum atomic E-state index is -5.66. The fraction of sp³-hybridized carbons (Fsp3) is 0.300. The Morgan fingerprint density at radius 1 is 1.11 bits per heavy atom. The fourth-order valence-electron chi connectivity index (χ4n) is 5.81. The Balaban J connectivity index is 1.21. The predicted molar refractivity (Wildman–Crippen MR) is 159 cm³/mol. The minimum absolute atomic E-state index is 0.182. The number of aromatic amines is 1. The second kappa shape index (κ2) is 11.6. The summed E-state index contributed by atoms with van der Waals surface area (Å²) in [7, 11) is -5.66. The van der Waals surface area contributed by atoms with Crippen molar-refractivity contribution in [3.8, 4) is 5.69 Å². The summed E-state index contributed by atoms with van der Waals surface area (Å²) < 4.78 is 70.9. The second-order valence-electron chi connectivity index (χ2n) is 11.0. The molecule has 0 unspecified atom stereocenters. The predicted octanol–water partition coefficient (Wildman–Crippen LogP) is 5.83. The highest BCUT2D eigenvalue weighted by Gasteiger charge is 2.46. The van der Waals surface area contributed by atoms with Crippen LogP contribution in [-0.2, 0) is 21.2 Å². The number of hydrogen-bond acceptors (Lipinski definition) is 6. The van der Waals surface area contributed by atoms with Gasteiger partial charge in [0.2, 0.25) is 0 Å². The SMILES string of the molecule is O=C(N[C@@H](Cc1c[nH]c2ccc(NS(=O)(=O)C(F)(F)F)cc12)C(=O)O)c1ccc2c(c1)ncn2-c1ccoc1C1CCCCC1. The van der Waals surface area contributed by atoms with Crippen LogP contribution in [0.1, 0.15) is 59.7 Å². The highest BCUT2D eigenvalue weighted by molar-refractivity contribution is 7.93. The van der Waals surface area contributed by atoms with Crippen molar-refractivity contribution in [1.82, 2.24) is 19.9 Å². The molecule has 3 heterocycles. The first-order valence-electron chi connectivity index (χ1n) is 14.2. The van der Waals surface area contributed by atoms with Crippen LogP contribution in [0.25, 0.3) is 27.6 Å². The molecule has 1 fully saturated rings. The van der Waals surface area contributed by atoms with Crippen LogP contribution in [0.2, 0.25) is 0 Å². The number of aromatic nitrogens is 3. The minimum Gasteiger partial charge on any atom is -0.480 e. The van der Waals surface area contributed by atoms with Gasteiger partial charge in [-0.3, -0.25) is 14.1 Å². The maximum Gasteiger partial charge on any atom is 0.516 e. The van der Waals surface area contributed by atoms with Crippen molar-refractivity contribution in [2.45, 2.75) is 56.0 Å². The van der Waals surface area contributed by atoms with Crippen molar-refractivity contribution in [1.29, 1.82) is 0 Å². The van der Waals surface area contributed by atoms with E-state index in [-0.39, 0.29) is 23.1 Å². The highest BCUT2D eigenvalue weighted by Crippen LogP contribution is 2.37. The Labute approximate surface area is 254 Å². The van der Waals surface area contributed by atoms with E-state index >= 15 is 0 Å². The van der Waals surface area contributed by atoms with Crippen LogP contribution in [0, 0.1) is 0 Å². The molecule has 1 atom stereocenters. The van der Waals surface area contributed by atoms with Crippen LogP contribution < -0.4 is 10.0 Å². The van der Waals surface area contributed by atoms with Gasteiger partial charge in [0.15, 0.2) is 0 Å². The lowest BCUT2D eigenvalue weighted by molar-refractivity contribution is -0.139. The van der Waals surface area contributed by atoms with Crippen LogP contribution in [0.4, 0.5) is 18.9 Å². The number of aliphatic carboxylic acids is 1. The number of alkyl halides is 3. The number of rotatable bonds is 9. The van der Waals surface area contributed by atoms with Gasteiger partial charge < -0.3 is 19.8 Å². The van der Waals surface area contributed by atoms with E-state index < -0.39 is 33.4 Å². The van der Waals surface area contributed by atoms with Crippen LogP contribution in [0.3, 0.4) is 0 Å². The first-order chi connectivity index (χ1) is 21.4. The van der Waals surface area contributed by atoms with Gasteiger partial charge >= 0.3 is 21.5 Å². The molecule has 1 saturated carbocycles. The standard InChI is InChI=1S/C30H28F3N5O6S/c31-30(32,33)45(42,43)37-20-7-8-22-21(14-20)19(15-34-22)13-24(29(40)41)36-28(39)18-6-9-25-23(12-18)35-16-38(25)26-10-11-44-27(26)17-4-2-1-3-5-17/h6-12,14-17,24,34,37H,1-5,13H2,(H,36,39)(H,40,41)/t24-/m0/s1. The average molecular weight is 644 g/mol. The molecule has 0 saturated heterocycles. The number of amides is 1. The molecule has 0 aliphatic heterocycles. The van der Waals surface area contributed by atoms with E-state index in [2.05, 4.69) is 15.3 Å². The number of halogens is 3. The van der Waals surface area contributed by atoms with Gasteiger partial charge in [-0.1, -0.05) is 19.3 Å². The summed E-state index contributed by atoms with van der Waals surface area (Å²) in [4.78, 5) is 32.7. The molecule has 0 spiro atoms. The molecule has 0 bridgehead atoms. The van der Waals surface area contributed by atoms with Gasteiger partial charge in [-0.25, -0.2) is 9.78 Å². The van der Waals surface area contributed by atoms with Crippen LogP contribution in [-0.4, -0.2) is 51.5 Å². The number of sulfonamides is 1.